The number of nitrogens with one attached hydrogen (secondary N) is 1. The molecule has 15 heavy (non-hydrogen) atoms. The first-order chi connectivity index (χ1) is 7.05. The van der Waals surface area contributed by atoms with E-state index in [0.717, 1.165) is 6.20 Å². The van der Waals surface area contributed by atoms with Crippen LogP contribution in [-0.2, 0) is 4.84 Å². The van der Waals surface area contributed by atoms with Gasteiger partial charge in [-0.05, 0) is 5.56 Å². The second-order valence-corrected chi connectivity index (χ2v) is 2.74. The Morgan fingerprint density at radius 1 is 1.27 bits per heavy atom. The molecule has 1 aromatic rings. The van der Waals surface area contributed by atoms with Crippen molar-refractivity contribution < 1.29 is 18.0 Å². The lowest BCUT2D eigenvalue weighted by Crippen LogP contribution is -2.14. The molecule has 0 aliphatic heterocycles. The van der Waals surface area contributed by atoms with Crippen LogP contribution in [0.1, 0.15) is 5.56 Å². The van der Waals surface area contributed by atoms with Gasteiger partial charge in [-0.25, -0.2) is 0 Å². The van der Waals surface area contributed by atoms with Gasteiger partial charge in [-0.1, -0.05) is 30.3 Å². The molecule has 5 heteroatoms. The Morgan fingerprint density at radius 3 is 2.33 bits per heavy atom. The first-order valence-corrected chi connectivity index (χ1v) is 4.17. The summed E-state index contributed by atoms with van der Waals surface area (Å²) in [5, 5.41) is 0. The van der Waals surface area contributed by atoms with Crippen LogP contribution in [0.3, 0.4) is 0 Å². The molecule has 82 valence electrons. The first kappa shape index (κ1) is 11.6. The van der Waals surface area contributed by atoms with Crippen molar-refractivity contribution in [3.63, 3.8) is 0 Å². The number of alkyl halides is 3. The Balaban J connectivity index is 3.03. The van der Waals surface area contributed by atoms with E-state index >= 15 is 0 Å². The van der Waals surface area contributed by atoms with Crippen molar-refractivity contribution in [1.82, 2.24) is 5.48 Å². The molecular formula is C10H10F3NO. The normalized spacial score (nSPS) is 12.7. The maximum atomic E-state index is 12.6. The molecular weight excluding hydrogens is 207 g/mol. The highest BCUT2D eigenvalue weighted by atomic mass is 19.4. The van der Waals surface area contributed by atoms with Crippen LogP contribution in [0.25, 0.3) is 5.57 Å². The van der Waals surface area contributed by atoms with Gasteiger partial charge in [-0.2, -0.15) is 13.2 Å². The highest BCUT2D eigenvalue weighted by Gasteiger charge is 2.34. The zero-order chi connectivity index (χ0) is 11.3. The Kier molecular flexibility index (Phi) is 3.74. The Morgan fingerprint density at radius 2 is 1.87 bits per heavy atom. The zero-order valence-electron chi connectivity index (χ0n) is 8.01. The van der Waals surface area contributed by atoms with Gasteiger partial charge in [-0.3, -0.25) is 10.3 Å². The average molecular weight is 217 g/mol. The number of allylic oxidation sites excluding steroid dienone is 1. The van der Waals surface area contributed by atoms with Crippen LogP contribution in [0.15, 0.2) is 36.5 Å². The highest BCUT2D eigenvalue weighted by Crippen LogP contribution is 2.32. The van der Waals surface area contributed by atoms with Crippen molar-refractivity contribution in [3.05, 3.63) is 42.1 Å². The molecule has 1 aromatic carbocycles. The largest absolute Gasteiger partial charge is 0.418 e. The van der Waals surface area contributed by atoms with Gasteiger partial charge in [0.2, 0.25) is 0 Å². The molecule has 0 fully saturated rings. The van der Waals surface area contributed by atoms with Gasteiger partial charge in [-0.15, -0.1) is 0 Å². The van der Waals surface area contributed by atoms with Crippen molar-refractivity contribution in [2.75, 3.05) is 7.11 Å². The molecule has 2 nitrogen and oxygen atoms in total. The third-order valence-corrected chi connectivity index (χ3v) is 1.71. The van der Waals surface area contributed by atoms with Crippen molar-refractivity contribution in [1.29, 1.82) is 0 Å². The molecule has 0 amide bonds. The number of hydroxylamine groups is 1. The number of benzene rings is 1. The van der Waals surface area contributed by atoms with Crippen LogP contribution in [0.5, 0.6) is 0 Å². The highest BCUT2D eigenvalue weighted by molar-refractivity contribution is 5.69. The van der Waals surface area contributed by atoms with E-state index in [9.17, 15) is 13.2 Å². The van der Waals surface area contributed by atoms with E-state index in [0.29, 0.717) is 0 Å². The van der Waals surface area contributed by atoms with Crippen LogP contribution in [0, 0.1) is 0 Å². The summed E-state index contributed by atoms with van der Waals surface area (Å²) in [6.45, 7) is 0. The van der Waals surface area contributed by atoms with Gasteiger partial charge < -0.3 is 0 Å². The Hall–Kier alpha value is -1.49. The lowest BCUT2D eigenvalue weighted by molar-refractivity contribution is -0.0697. The van der Waals surface area contributed by atoms with E-state index in [4.69, 9.17) is 0 Å². The minimum absolute atomic E-state index is 0.0922. The van der Waals surface area contributed by atoms with Gasteiger partial charge in [0, 0.05) is 6.20 Å². The molecule has 0 atom stereocenters. The van der Waals surface area contributed by atoms with E-state index < -0.39 is 11.7 Å². The van der Waals surface area contributed by atoms with Gasteiger partial charge in [0.05, 0.1) is 12.7 Å². The molecule has 0 saturated carbocycles. The molecule has 0 bridgehead atoms. The fourth-order valence-electron chi connectivity index (χ4n) is 1.06. The van der Waals surface area contributed by atoms with Crippen LogP contribution < -0.4 is 5.48 Å². The minimum atomic E-state index is -4.41. The maximum absolute atomic E-state index is 12.6. The van der Waals surface area contributed by atoms with Crippen molar-refractivity contribution in [2.24, 2.45) is 0 Å². The topological polar surface area (TPSA) is 21.3 Å². The predicted molar refractivity (Wildman–Crippen MR) is 50.6 cm³/mol. The van der Waals surface area contributed by atoms with Crippen molar-refractivity contribution >= 4 is 5.57 Å². The lowest BCUT2D eigenvalue weighted by Gasteiger charge is -2.11. The van der Waals surface area contributed by atoms with Crippen molar-refractivity contribution in [3.8, 4) is 0 Å². The Labute approximate surface area is 85.3 Å². The van der Waals surface area contributed by atoms with Gasteiger partial charge in [0.15, 0.2) is 0 Å². The van der Waals surface area contributed by atoms with Gasteiger partial charge in [0.25, 0.3) is 0 Å². The summed E-state index contributed by atoms with van der Waals surface area (Å²) in [6.07, 6.45) is -3.62. The molecule has 0 heterocycles. The molecule has 0 radical (unpaired) electrons. The number of halogens is 3. The smallest absolute Gasteiger partial charge is 0.280 e. The molecule has 1 N–H and O–H groups in total. The molecule has 1 rings (SSSR count). The van der Waals surface area contributed by atoms with Crippen molar-refractivity contribution in [2.45, 2.75) is 6.18 Å². The standard InChI is InChI=1S/C10H10F3NO/c1-15-14-7-9(10(11,12)13)8-5-3-2-4-6-8/h2-7,14H,1H3. The fraction of sp³-hybridized carbons (Fsp3) is 0.200. The summed E-state index contributed by atoms with van der Waals surface area (Å²) in [5.41, 5.74) is 1.39. The molecule has 0 aliphatic carbocycles. The number of rotatable bonds is 3. The van der Waals surface area contributed by atoms with E-state index in [-0.39, 0.29) is 5.56 Å². The summed E-state index contributed by atoms with van der Waals surface area (Å²) in [6, 6.07) is 7.51. The van der Waals surface area contributed by atoms with Gasteiger partial charge in [0.1, 0.15) is 0 Å². The quantitative estimate of drug-likeness (QED) is 0.786. The summed E-state index contributed by atoms with van der Waals surface area (Å²) in [7, 11) is 1.25. The Bertz CT molecular complexity index is 332. The lowest BCUT2D eigenvalue weighted by atomic mass is 10.1. The molecule has 0 spiro atoms. The van der Waals surface area contributed by atoms with Crippen LogP contribution in [-0.4, -0.2) is 13.3 Å². The van der Waals surface area contributed by atoms with E-state index in [1.807, 2.05) is 0 Å². The first-order valence-electron chi connectivity index (χ1n) is 4.17. The summed E-state index contributed by atoms with van der Waals surface area (Å²) in [4.78, 5) is 4.36. The van der Waals surface area contributed by atoms with E-state index in [2.05, 4.69) is 10.3 Å². The molecule has 0 saturated heterocycles. The monoisotopic (exact) mass is 217 g/mol. The predicted octanol–water partition coefficient (Wildman–Crippen LogP) is 2.74. The van der Waals surface area contributed by atoms with E-state index in [1.165, 1.54) is 19.2 Å². The fourth-order valence-corrected chi connectivity index (χ4v) is 1.06. The summed E-state index contributed by atoms with van der Waals surface area (Å²) in [5.74, 6) is 0. The molecule has 0 aliphatic rings. The summed E-state index contributed by atoms with van der Waals surface area (Å²) >= 11 is 0. The van der Waals surface area contributed by atoms with Crippen LogP contribution >= 0.6 is 0 Å². The minimum Gasteiger partial charge on any atom is -0.280 e. The van der Waals surface area contributed by atoms with Crippen LogP contribution in [0.2, 0.25) is 0 Å². The van der Waals surface area contributed by atoms with Gasteiger partial charge >= 0.3 is 6.18 Å². The zero-order valence-corrected chi connectivity index (χ0v) is 8.01. The molecule has 0 unspecified atom stereocenters. The average Bonchev–Trinajstić information content (AvgIpc) is 2.18. The third-order valence-electron chi connectivity index (χ3n) is 1.71. The number of hydrogen-bond acceptors (Lipinski definition) is 2. The maximum Gasteiger partial charge on any atom is 0.418 e. The summed E-state index contributed by atoms with van der Waals surface area (Å²) < 4.78 is 37.7. The SMILES string of the molecule is CONC=C(c1ccccc1)C(F)(F)F. The number of hydrogen-bond donors (Lipinski definition) is 1. The second kappa shape index (κ2) is 4.84. The third kappa shape index (κ3) is 3.28. The van der Waals surface area contributed by atoms with E-state index in [1.54, 1.807) is 18.2 Å². The second-order valence-electron chi connectivity index (χ2n) is 2.74. The van der Waals surface area contributed by atoms with Crippen LogP contribution in [0.4, 0.5) is 13.2 Å². The molecule has 0 aromatic heterocycles.